The van der Waals surface area contributed by atoms with Crippen molar-refractivity contribution in [3.8, 4) is 0 Å². The van der Waals surface area contributed by atoms with Gasteiger partial charge in [-0.3, -0.25) is 4.99 Å². The standard InChI is InChI=1S/C29H43N3OSi/c1-18(2)24-13-11-14-25(19(3)4)28(24)31-22(9)17-23(10)32(34(30)33)29-26(20(5)6)15-12-16-27(29)21(7)8/h11-21H,30H2,1-10H3/b23-17+,31-22?. The van der Waals surface area contributed by atoms with E-state index < -0.39 is 9.01 Å². The summed E-state index contributed by atoms with van der Waals surface area (Å²) >= 11 is 0. The Balaban J connectivity index is 2.68. The zero-order valence-electron chi connectivity index (χ0n) is 22.7. The molecule has 184 valence electrons. The third-order valence-electron chi connectivity index (χ3n) is 6.19. The molecule has 0 heterocycles. The number of hydrogen-bond acceptors (Lipinski definition) is 2. The van der Waals surface area contributed by atoms with Gasteiger partial charge in [0.05, 0.1) is 5.69 Å². The van der Waals surface area contributed by atoms with Crippen LogP contribution in [-0.2, 0) is 4.46 Å². The van der Waals surface area contributed by atoms with E-state index in [1.165, 1.54) is 11.1 Å². The lowest BCUT2D eigenvalue weighted by atomic mass is 9.92. The molecule has 0 aliphatic rings. The Kier molecular flexibility index (Phi) is 9.57. The fraction of sp³-hybridized carbons (Fsp3) is 0.483. The van der Waals surface area contributed by atoms with Gasteiger partial charge in [-0.05, 0) is 65.8 Å². The van der Waals surface area contributed by atoms with Gasteiger partial charge in [-0.25, -0.2) is 0 Å². The van der Waals surface area contributed by atoms with Gasteiger partial charge in [-0.1, -0.05) is 91.8 Å². The Morgan fingerprint density at radius 2 is 1.18 bits per heavy atom. The van der Waals surface area contributed by atoms with E-state index in [1.807, 2.05) is 24.5 Å². The molecule has 0 aliphatic heterocycles. The Morgan fingerprint density at radius 3 is 1.53 bits per heavy atom. The smallest absolute Gasteiger partial charge is 0.386 e. The van der Waals surface area contributed by atoms with E-state index in [-0.39, 0.29) is 11.8 Å². The summed E-state index contributed by atoms with van der Waals surface area (Å²) in [5, 5.41) is 6.16. The first-order valence-electron chi connectivity index (χ1n) is 12.4. The highest BCUT2D eigenvalue weighted by atomic mass is 28.3. The molecule has 2 aromatic carbocycles. The molecule has 0 bridgehead atoms. The van der Waals surface area contributed by atoms with E-state index in [9.17, 15) is 4.46 Å². The molecule has 0 aliphatic carbocycles. The molecule has 0 fully saturated rings. The van der Waals surface area contributed by atoms with Crippen LogP contribution in [0.3, 0.4) is 0 Å². The Labute approximate surface area is 208 Å². The Morgan fingerprint density at radius 1 is 0.794 bits per heavy atom. The van der Waals surface area contributed by atoms with Crippen LogP contribution < -0.4 is 9.96 Å². The maximum atomic E-state index is 13.0. The molecule has 0 saturated heterocycles. The molecule has 2 aromatic rings. The monoisotopic (exact) mass is 477 g/mol. The first kappa shape index (κ1) is 27.7. The summed E-state index contributed by atoms with van der Waals surface area (Å²) in [7, 11) is -2.53. The van der Waals surface area contributed by atoms with Crippen molar-refractivity contribution in [3.63, 3.8) is 0 Å². The van der Waals surface area contributed by atoms with Crippen molar-refractivity contribution in [3.05, 3.63) is 70.4 Å². The van der Waals surface area contributed by atoms with Crippen LogP contribution in [0.25, 0.3) is 0 Å². The zero-order chi connectivity index (χ0) is 25.7. The van der Waals surface area contributed by atoms with Crippen molar-refractivity contribution in [1.29, 1.82) is 0 Å². The molecule has 34 heavy (non-hydrogen) atoms. The SMILES string of the molecule is CC(/C=C(\C)N(c1c(C(C)C)cccc1C(C)C)[Si](N)=O)=Nc1c(C(C)C)cccc1C(C)C. The fourth-order valence-electron chi connectivity index (χ4n) is 4.45. The molecule has 0 spiro atoms. The number of benzene rings is 2. The van der Waals surface area contributed by atoms with E-state index in [2.05, 4.69) is 91.8 Å². The van der Waals surface area contributed by atoms with Crippen molar-refractivity contribution < 1.29 is 4.46 Å². The summed E-state index contributed by atoms with van der Waals surface area (Å²) in [6.07, 6.45) is 2.01. The number of nitrogens with zero attached hydrogens (tertiary/aromatic N) is 2. The highest BCUT2D eigenvalue weighted by Crippen LogP contribution is 2.37. The van der Waals surface area contributed by atoms with Crippen LogP contribution in [0.4, 0.5) is 11.4 Å². The molecule has 0 aromatic heterocycles. The van der Waals surface area contributed by atoms with Gasteiger partial charge in [-0.15, -0.1) is 0 Å². The third-order valence-corrected chi connectivity index (χ3v) is 7.20. The summed E-state index contributed by atoms with van der Waals surface area (Å²) in [5.41, 5.74) is 8.54. The predicted molar refractivity (Wildman–Crippen MR) is 149 cm³/mol. The molecular formula is C29H43N3OSi. The van der Waals surface area contributed by atoms with E-state index >= 15 is 0 Å². The minimum absolute atomic E-state index is 0.284. The highest BCUT2D eigenvalue weighted by Gasteiger charge is 2.25. The van der Waals surface area contributed by atoms with Gasteiger partial charge < -0.3 is 14.4 Å². The molecule has 0 radical (unpaired) electrons. The maximum Gasteiger partial charge on any atom is 0.524 e. The lowest BCUT2D eigenvalue weighted by molar-refractivity contribution is 0.559. The van der Waals surface area contributed by atoms with Crippen molar-refractivity contribution in [1.82, 2.24) is 0 Å². The van der Waals surface area contributed by atoms with Crippen LogP contribution in [0.2, 0.25) is 0 Å². The highest BCUT2D eigenvalue weighted by molar-refractivity contribution is 6.46. The number of anilines is 1. The minimum Gasteiger partial charge on any atom is -0.386 e. The maximum absolute atomic E-state index is 13.0. The number of nitrogens with two attached hydrogens (primary N) is 1. The largest absolute Gasteiger partial charge is 0.524 e. The van der Waals surface area contributed by atoms with Gasteiger partial charge in [-0.2, -0.15) is 0 Å². The van der Waals surface area contributed by atoms with Crippen LogP contribution in [0.15, 0.2) is 53.2 Å². The predicted octanol–water partition coefficient (Wildman–Crippen LogP) is 8.06. The number of rotatable bonds is 9. The second kappa shape index (κ2) is 11.7. The van der Waals surface area contributed by atoms with E-state index in [0.717, 1.165) is 33.9 Å². The molecule has 2 rings (SSSR count). The number of allylic oxidation sites excluding steroid dienone is 2. The average Bonchev–Trinajstić information content (AvgIpc) is 2.72. The van der Waals surface area contributed by atoms with Crippen molar-refractivity contribution in [2.75, 3.05) is 4.57 Å². The average molecular weight is 478 g/mol. The van der Waals surface area contributed by atoms with Crippen molar-refractivity contribution in [2.45, 2.75) is 92.9 Å². The van der Waals surface area contributed by atoms with Crippen LogP contribution in [-0.4, -0.2) is 14.7 Å². The second-order valence-corrected chi connectivity index (χ2v) is 11.5. The molecule has 2 N–H and O–H groups in total. The summed E-state index contributed by atoms with van der Waals surface area (Å²) in [4.78, 5) is 5.07. The Hall–Kier alpha value is -2.53. The summed E-state index contributed by atoms with van der Waals surface area (Å²) in [6, 6.07) is 12.8. The van der Waals surface area contributed by atoms with E-state index in [1.54, 1.807) is 0 Å². The van der Waals surface area contributed by atoms with Crippen molar-refractivity contribution >= 4 is 26.1 Å². The topological polar surface area (TPSA) is 58.7 Å². The van der Waals surface area contributed by atoms with Crippen LogP contribution >= 0.6 is 0 Å². The van der Waals surface area contributed by atoms with Crippen molar-refractivity contribution in [2.24, 2.45) is 10.4 Å². The number of para-hydroxylation sites is 2. The fourth-order valence-corrected chi connectivity index (χ4v) is 5.34. The third kappa shape index (κ3) is 6.32. The van der Waals surface area contributed by atoms with Crippen LogP contribution in [0, 0.1) is 0 Å². The molecule has 0 atom stereocenters. The second-order valence-electron chi connectivity index (χ2n) is 10.4. The quantitative estimate of drug-likeness (QED) is 0.293. The summed E-state index contributed by atoms with van der Waals surface area (Å²) in [6.45, 7) is 21.4. The summed E-state index contributed by atoms with van der Waals surface area (Å²) < 4.78 is 14.8. The van der Waals surface area contributed by atoms with Crippen LogP contribution in [0.1, 0.15) is 115 Å². The molecule has 4 nitrogen and oxygen atoms in total. The zero-order valence-corrected chi connectivity index (χ0v) is 23.7. The molecule has 0 unspecified atom stereocenters. The van der Waals surface area contributed by atoms with Gasteiger partial charge in [0.2, 0.25) is 0 Å². The lowest BCUT2D eigenvalue weighted by Crippen LogP contribution is -2.40. The van der Waals surface area contributed by atoms with E-state index in [4.69, 9.17) is 10.4 Å². The summed E-state index contributed by atoms with van der Waals surface area (Å²) in [5.74, 6) is 1.32. The normalized spacial score (nSPS) is 12.9. The number of hydrogen-bond donors (Lipinski definition) is 1. The molecule has 0 saturated carbocycles. The van der Waals surface area contributed by atoms with Gasteiger partial charge in [0.1, 0.15) is 0 Å². The Bertz CT molecular complexity index is 1030. The minimum atomic E-state index is -2.53. The van der Waals surface area contributed by atoms with Gasteiger partial charge in [0.15, 0.2) is 0 Å². The van der Waals surface area contributed by atoms with Gasteiger partial charge >= 0.3 is 9.01 Å². The lowest BCUT2D eigenvalue weighted by Gasteiger charge is -2.29. The van der Waals surface area contributed by atoms with Gasteiger partial charge in [0, 0.05) is 17.1 Å². The molecule has 0 amide bonds. The molecule has 5 heteroatoms. The van der Waals surface area contributed by atoms with E-state index in [0.29, 0.717) is 11.8 Å². The van der Waals surface area contributed by atoms with Crippen LogP contribution in [0.5, 0.6) is 0 Å². The number of aliphatic imine (C=N–C) groups is 1. The van der Waals surface area contributed by atoms with Gasteiger partial charge in [0.25, 0.3) is 0 Å². The first-order chi connectivity index (χ1) is 15.9. The first-order valence-corrected chi connectivity index (χ1v) is 13.9. The molecular weight excluding hydrogens is 434 g/mol.